The van der Waals surface area contributed by atoms with Crippen LogP contribution < -0.4 is 10.1 Å². The van der Waals surface area contributed by atoms with Crippen LogP contribution in [0.15, 0.2) is 24.3 Å². The third-order valence-electron chi connectivity index (χ3n) is 3.20. The van der Waals surface area contributed by atoms with Crippen molar-refractivity contribution in [2.45, 2.75) is 46.1 Å². The van der Waals surface area contributed by atoms with Gasteiger partial charge in [0.05, 0.1) is 0 Å². The number of nitrogens with one attached hydrogen (secondary N) is 1. The van der Waals surface area contributed by atoms with Gasteiger partial charge >= 0.3 is 0 Å². The molecular weight excluding hydrogens is 250 g/mol. The molecular formula is C17H29NO2. The standard InChI is InChI=1S/C17H29NO2/c1-14(2)7-4-5-10-18-12-16(19)13-20-17-9-6-8-15(3)11-17/h6,8-9,11,14,16,18-19H,4-5,7,10,12-13H2,1-3H3. The van der Waals surface area contributed by atoms with Gasteiger partial charge in [0.2, 0.25) is 0 Å². The minimum atomic E-state index is -0.458. The first kappa shape index (κ1) is 17.0. The molecule has 3 heteroatoms. The molecule has 0 aliphatic heterocycles. The third-order valence-corrected chi connectivity index (χ3v) is 3.20. The van der Waals surface area contributed by atoms with Gasteiger partial charge in [0.25, 0.3) is 0 Å². The Hall–Kier alpha value is -1.06. The van der Waals surface area contributed by atoms with Crippen molar-refractivity contribution in [1.29, 1.82) is 0 Å². The molecule has 0 bridgehead atoms. The molecule has 0 spiro atoms. The van der Waals surface area contributed by atoms with E-state index in [4.69, 9.17) is 4.74 Å². The van der Waals surface area contributed by atoms with E-state index in [1.54, 1.807) is 0 Å². The molecule has 2 N–H and O–H groups in total. The van der Waals surface area contributed by atoms with Gasteiger partial charge in [0.15, 0.2) is 0 Å². The molecule has 1 aromatic rings. The monoisotopic (exact) mass is 279 g/mol. The van der Waals surface area contributed by atoms with Crippen LogP contribution in [0.4, 0.5) is 0 Å². The fraction of sp³-hybridized carbons (Fsp3) is 0.647. The van der Waals surface area contributed by atoms with Gasteiger partial charge in [-0.25, -0.2) is 0 Å². The Morgan fingerprint density at radius 2 is 2.05 bits per heavy atom. The lowest BCUT2D eigenvalue weighted by molar-refractivity contribution is 0.106. The van der Waals surface area contributed by atoms with E-state index in [1.807, 2.05) is 31.2 Å². The average Bonchev–Trinajstić information content (AvgIpc) is 2.40. The Balaban J connectivity index is 2.04. The number of aliphatic hydroxyl groups is 1. The van der Waals surface area contributed by atoms with Crippen molar-refractivity contribution in [2.75, 3.05) is 19.7 Å². The molecule has 1 aromatic carbocycles. The summed E-state index contributed by atoms with van der Waals surface area (Å²) in [5.41, 5.74) is 1.17. The molecule has 0 aromatic heterocycles. The van der Waals surface area contributed by atoms with Crippen molar-refractivity contribution in [2.24, 2.45) is 5.92 Å². The summed E-state index contributed by atoms with van der Waals surface area (Å²) in [7, 11) is 0. The molecule has 1 unspecified atom stereocenters. The predicted molar refractivity (Wildman–Crippen MR) is 84.2 cm³/mol. The van der Waals surface area contributed by atoms with E-state index in [0.717, 1.165) is 18.2 Å². The van der Waals surface area contributed by atoms with Crippen molar-refractivity contribution >= 4 is 0 Å². The average molecular weight is 279 g/mol. The van der Waals surface area contributed by atoms with Crippen LogP contribution in [0.3, 0.4) is 0 Å². The first-order valence-corrected chi connectivity index (χ1v) is 7.66. The second-order valence-electron chi connectivity index (χ2n) is 5.88. The van der Waals surface area contributed by atoms with Gasteiger partial charge in [-0.3, -0.25) is 0 Å². The van der Waals surface area contributed by atoms with Gasteiger partial charge in [0, 0.05) is 6.54 Å². The third kappa shape index (κ3) is 8.18. The molecule has 0 aliphatic carbocycles. The van der Waals surface area contributed by atoms with Crippen LogP contribution in [0.25, 0.3) is 0 Å². The van der Waals surface area contributed by atoms with Crippen LogP contribution in [-0.2, 0) is 0 Å². The fourth-order valence-electron chi connectivity index (χ4n) is 2.03. The summed E-state index contributed by atoms with van der Waals surface area (Å²) in [6.07, 6.45) is 3.24. The van der Waals surface area contributed by atoms with E-state index < -0.39 is 6.10 Å². The van der Waals surface area contributed by atoms with Crippen molar-refractivity contribution in [1.82, 2.24) is 5.32 Å². The van der Waals surface area contributed by atoms with Crippen molar-refractivity contribution < 1.29 is 9.84 Å². The molecule has 0 saturated heterocycles. The number of hydrogen-bond donors (Lipinski definition) is 2. The minimum absolute atomic E-state index is 0.336. The zero-order valence-corrected chi connectivity index (χ0v) is 13.1. The topological polar surface area (TPSA) is 41.5 Å². The molecule has 0 radical (unpaired) electrons. The Morgan fingerprint density at radius 1 is 1.25 bits per heavy atom. The van der Waals surface area contributed by atoms with Crippen LogP contribution in [0.1, 0.15) is 38.7 Å². The smallest absolute Gasteiger partial charge is 0.119 e. The normalized spacial score (nSPS) is 12.7. The lowest BCUT2D eigenvalue weighted by atomic mass is 10.1. The highest BCUT2D eigenvalue weighted by Gasteiger charge is 2.04. The molecule has 0 fully saturated rings. The minimum Gasteiger partial charge on any atom is -0.491 e. The van der Waals surface area contributed by atoms with Crippen molar-refractivity contribution in [3.05, 3.63) is 29.8 Å². The molecule has 1 rings (SSSR count). The van der Waals surface area contributed by atoms with E-state index in [9.17, 15) is 5.11 Å². The van der Waals surface area contributed by atoms with Gasteiger partial charge in [0.1, 0.15) is 18.5 Å². The van der Waals surface area contributed by atoms with E-state index in [-0.39, 0.29) is 0 Å². The van der Waals surface area contributed by atoms with Crippen LogP contribution in [0.2, 0.25) is 0 Å². The highest BCUT2D eigenvalue weighted by molar-refractivity contribution is 5.27. The molecule has 0 saturated carbocycles. The zero-order chi connectivity index (χ0) is 14.8. The van der Waals surface area contributed by atoms with Crippen molar-refractivity contribution in [3.8, 4) is 5.75 Å². The summed E-state index contributed by atoms with van der Waals surface area (Å²) < 4.78 is 5.57. The summed E-state index contributed by atoms with van der Waals surface area (Å²) in [5, 5.41) is 13.1. The second-order valence-corrected chi connectivity index (χ2v) is 5.88. The van der Waals surface area contributed by atoms with Gasteiger partial charge in [-0.2, -0.15) is 0 Å². The van der Waals surface area contributed by atoms with Crippen LogP contribution in [-0.4, -0.2) is 30.9 Å². The maximum atomic E-state index is 9.84. The molecule has 1 atom stereocenters. The number of benzene rings is 1. The SMILES string of the molecule is Cc1cccc(OCC(O)CNCCCCC(C)C)c1. The Labute approximate surface area is 123 Å². The number of aryl methyl sites for hydroxylation is 1. The van der Waals surface area contributed by atoms with E-state index in [0.29, 0.717) is 13.2 Å². The Bertz CT molecular complexity index is 366. The maximum absolute atomic E-state index is 9.84. The first-order chi connectivity index (χ1) is 9.58. The van der Waals surface area contributed by atoms with Gasteiger partial charge < -0.3 is 15.2 Å². The maximum Gasteiger partial charge on any atom is 0.119 e. The van der Waals surface area contributed by atoms with Gasteiger partial charge in [-0.15, -0.1) is 0 Å². The highest BCUT2D eigenvalue weighted by atomic mass is 16.5. The van der Waals surface area contributed by atoms with Crippen LogP contribution in [0.5, 0.6) is 5.75 Å². The number of aliphatic hydroxyl groups excluding tert-OH is 1. The molecule has 20 heavy (non-hydrogen) atoms. The Kier molecular flexibility index (Phi) is 8.31. The summed E-state index contributed by atoms with van der Waals surface area (Å²) in [6, 6.07) is 7.89. The highest BCUT2D eigenvalue weighted by Crippen LogP contribution is 2.12. The van der Waals surface area contributed by atoms with E-state index in [1.165, 1.54) is 24.8 Å². The number of ether oxygens (including phenoxy) is 1. The molecule has 0 amide bonds. The summed E-state index contributed by atoms with van der Waals surface area (Å²) in [5.74, 6) is 1.60. The quantitative estimate of drug-likeness (QED) is 0.646. The van der Waals surface area contributed by atoms with Gasteiger partial charge in [-0.1, -0.05) is 38.8 Å². The fourth-order valence-corrected chi connectivity index (χ4v) is 2.03. The summed E-state index contributed by atoms with van der Waals surface area (Å²) in [6.45, 7) is 8.42. The number of hydrogen-bond acceptors (Lipinski definition) is 3. The van der Waals surface area contributed by atoms with Crippen molar-refractivity contribution in [3.63, 3.8) is 0 Å². The second kappa shape index (κ2) is 9.78. The Morgan fingerprint density at radius 3 is 2.75 bits per heavy atom. The lowest BCUT2D eigenvalue weighted by Crippen LogP contribution is -2.32. The van der Waals surface area contributed by atoms with Gasteiger partial charge in [-0.05, 0) is 43.5 Å². The first-order valence-electron chi connectivity index (χ1n) is 7.66. The molecule has 0 heterocycles. The predicted octanol–water partition coefficient (Wildman–Crippen LogP) is 3.15. The number of rotatable bonds is 10. The summed E-state index contributed by atoms with van der Waals surface area (Å²) >= 11 is 0. The zero-order valence-electron chi connectivity index (χ0n) is 13.1. The lowest BCUT2D eigenvalue weighted by Gasteiger charge is -2.13. The number of unbranched alkanes of at least 4 members (excludes halogenated alkanes) is 1. The molecule has 0 aliphatic rings. The van der Waals surface area contributed by atoms with E-state index >= 15 is 0 Å². The van der Waals surface area contributed by atoms with Crippen LogP contribution >= 0.6 is 0 Å². The van der Waals surface area contributed by atoms with E-state index in [2.05, 4.69) is 19.2 Å². The summed E-state index contributed by atoms with van der Waals surface area (Å²) in [4.78, 5) is 0. The molecule has 114 valence electrons. The largest absolute Gasteiger partial charge is 0.491 e. The van der Waals surface area contributed by atoms with Crippen LogP contribution in [0, 0.1) is 12.8 Å². The molecule has 3 nitrogen and oxygen atoms in total.